The van der Waals surface area contributed by atoms with Gasteiger partial charge in [-0.15, -0.1) is 11.6 Å². The first-order chi connectivity index (χ1) is 5.70. The smallest absolute Gasteiger partial charge is 0.220 e. The molecule has 1 atom stereocenters. The Labute approximate surface area is 83.4 Å². The van der Waals surface area contributed by atoms with Crippen molar-refractivity contribution in [3.63, 3.8) is 0 Å². The van der Waals surface area contributed by atoms with Crippen molar-refractivity contribution in [1.82, 2.24) is 5.32 Å². The summed E-state index contributed by atoms with van der Waals surface area (Å²) in [5.74, 6) is 1.98. The largest absolute Gasteiger partial charge is 0.356 e. The van der Waals surface area contributed by atoms with Crippen LogP contribution >= 0.6 is 23.4 Å². The van der Waals surface area contributed by atoms with Gasteiger partial charge in [-0.05, 0) is 12.2 Å². The molecule has 0 saturated carbocycles. The van der Waals surface area contributed by atoms with Crippen LogP contribution in [0.4, 0.5) is 0 Å². The highest BCUT2D eigenvalue weighted by Gasteiger charge is 2.03. The number of alkyl halides is 1. The van der Waals surface area contributed by atoms with E-state index in [1.54, 1.807) is 11.8 Å². The minimum Gasteiger partial charge on any atom is -0.356 e. The molecule has 0 aromatic heterocycles. The minimum atomic E-state index is 0.126. The Bertz CT molecular complexity index is 132. The Morgan fingerprint density at radius 1 is 1.67 bits per heavy atom. The maximum absolute atomic E-state index is 11.1. The summed E-state index contributed by atoms with van der Waals surface area (Å²) in [5, 5.41) is 2.83. The molecule has 0 aliphatic heterocycles. The van der Waals surface area contributed by atoms with Crippen LogP contribution in [-0.2, 0) is 4.79 Å². The molecule has 0 rings (SSSR count). The number of hydrogen-bond donors (Lipinski definition) is 1. The van der Waals surface area contributed by atoms with E-state index in [0.29, 0.717) is 24.8 Å². The highest BCUT2D eigenvalue weighted by Crippen LogP contribution is 1.97. The molecule has 0 aromatic rings. The summed E-state index contributed by atoms with van der Waals surface area (Å²) in [5.41, 5.74) is 0. The lowest BCUT2D eigenvalue weighted by Crippen LogP contribution is -2.28. The summed E-state index contributed by atoms with van der Waals surface area (Å²) in [6.45, 7) is 2.71. The lowest BCUT2D eigenvalue weighted by molar-refractivity contribution is -0.120. The van der Waals surface area contributed by atoms with Gasteiger partial charge in [0, 0.05) is 24.6 Å². The first kappa shape index (κ1) is 12.1. The maximum Gasteiger partial charge on any atom is 0.220 e. The van der Waals surface area contributed by atoms with Crippen molar-refractivity contribution < 1.29 is 4.79 Å². The molecular formula is C8H16ClNOS. The third-order valence-corrected chi connectivity index (χ3v) is 2.58. The van der Waals surface area contributed by atoms with Gasteiger partial charge in [-0.25, -0.2) is 0 Å². The Morgan fingerprint density at radius 3 is 2.83 bits per heavy atom. The van der Waals surface area contributed by atoms with Crippen LogP contribution in [0, 0.1) is 5.92 Å². The van der Waals surface area contributed by atoms with Gasteiger partial charge < -0.3 is 5.32 Å². The number of rotatable bonds is 6. The second-order valence-corrected chi connectivity index (χ2v) is 4.10. The third kappa shape index (κ3) is 6.80. The van der Waals surface area contributed by atoms with Gasteiger partial charge in [0.15, 0.2) is 0 Å². The molecule has 0 radical (unpaired) electrons. The van der Waals surface area contributed by atoms with E-state index in [4.69, 9.17) is 11.6 Å². The molecule has 1 unspecified atom stereocenters. The Morgan fingerprint density at radius 2 is 2.33 bits per heavy atom. The van der Waals surface area contributed by atoms with Crippen LogP contribution in [-0.4, -0.2) is 30.3 Å². The van der Waals surface area contributed by atoms with Gasteiger partial charge in [-0.2, -0.15) is 11.8 Å². The van der Waals surface area contributed by atoms with Gasteiger partial charge in [0.1, 0.15) is 0 Å². The van der Waals surface area contributed by atoms with Crippen molar-refractivity contribution in [1.29, 1.82) is 0 Å². The highest BCUT2D eigenvalue weighted by molar-refractivity contribution is 7.98. The summed E-state index contributed by atoms with van der Waals surface area (Å²) in [4.78, 5) is 11.1. The van der Waals surface area contributed by atoms with Crippen LogP contribution < -0.4 is 5.32 Å². The fourth-order valence-corrected chi connectivity index (χ4v) is 1.12. The van der Waals surface area contributed by atoms with Crippen LogP contribution in [0.1, 0.15) is 13.3 Å². The monoisotopic (exact) mass is 209 g/mol. The molecule has 0 aromatic carbocycles. The van der Waals surface area contributed by atoms with Crippen molar-refractivity contribution in [3.05, 3.63) is 0 Å². The van der Waals surface area contributed by atoms with E-state index < -0.39 is 0 Å². The van der Waals surface area contributed by atoms with E-state index in [0.717, 1.165) is 5.75 Å². The highest BCUT2D eigenvalue weighted by atomic mass is 35.5. The Balaban J connectivity index is 3.31. The third-order valence-electron chi connectivity index (χ3n) is 1.44. The van der Waals surface area contributed by atoms with Crippen molar-refractivity contribution in [2.75, 3.05) is 24.4 Å². The number of thioether (sulfide) groups is 1. The van der Waals surface area contributed by atoms with Gasteiger partial charge in [0.25, 0.3) is 0 Å². The molecule has 72 valence electrons. The zero-order valence-corrected chi connectivity index (χ0v) is 9.17. The van der Waals surface area contributed by atoms with Crippen molar-refractivity contribution >= 4 is 29.3 Å². The average Bonchev–Trinajstić information content (AvgIpc) is 2.10. The lowest BCUT2D eigenvalue weighted by Gasteiger charge is -2.08. The number of halogens is 1. The van der Waals surface area contributed by atoms with Crippen LogP contribution in [0.25, 0.3) is 0 Å². The summed E-state index contributed by atoms with van der Waals surface area (Å²) in [6, 6.07) is 0. The minimum absolute atomic E-state index is 0.126. The number of carbonyl (C=O) groups is 1. The van der Waals surface area contributed by atoms with Gasteiger partial charge in [-0.1, -0.05) is 6.92 Å². The predicted octanol–water partition coefficient (Wildman–Crippen LogP) is 1.73. The predicted molar refractivity (Wildman–Crippen MR) is 55.9 cm³/mol. The van der Waals surface area contributed by atoms with Crippen molar-refractivity contribution in [3.8, 4) is 0 Å². The first-order valence-corrected chi connectivity index (χ1v) is 5.95. The quantitative estimate of drug-likeness (QED) is 0.676. The molecule has 0 saturated heterocycles. The van der Waals surface area contributed by atoms with E-state index in [9.17, 15) is 4.79 Å². The molecular weight excluding hydrogens is 194 g/mol. The fraction of sp³-hybridized carbons (Fsp3) is 0.875. The zero-order chi connectivity index (χ0) is 9.40. The normalized spacial score (nSPS) is 12.6. The van der Waals surface area contributed by atoms with Crippen LogP contribution in [0.2, 0.25) is 0 Å². The van der Waals surface area contributed by atoms with E-state index >= 15 is 0 Å². The average molecular weight is 210 g/mol. The molecule has 2 nitrogen and oxygen atoms in total. The van der Waals surface area contributed by atoms with Gasteiger partial charge >= 0.3 is 0 Å². The molecule has 1 amide bonds. The summed E-state index contributed by atoms with van der Waals surface area (Å²) >= 11 is 7.27. The second-order valence-electron chi connectivity index (χ2n) is 2.81. The van der Waals surface area contributed by atoms with Crippen molar-refractivity contribution in [2.45, 2.75) is 13.3 Å². The van der Waals surface area contributed by atoms with Crippen LogP contribution in [0.3, 0.4) is 0 Å². The molecule has 0 aliphatic carbocycles. The van der Waals surface area contributed by atoms with Crippen molar-refractivity contribution in [2.24, 2.45) is 5.92 Å². The molecule has 4 heteroatoms. The first-order valence-electron chi connectivity index (χ1n) is 4.02. The standard InChI is InChI=1S/C8H16ClNOS/c1-7(5-9)6-10-8(11)3-4-12-2/h7H,3-6H2,1-2H3,(H,10,11). The van der Waals surface area contributed by atoms with Crippen LogP contribution in [0.15, 0.2) is 0 Å². The Kier molecular flexibility index (Phi) is 7.81. The Hall–Kier alpha value is 0.110. The van der Waals surface area contributed by atoms with E-state index in [-0.39, 0.29) is 5.91 Å². The summed E-state index contributed by atoms with van der Waals surface area (Å²) < 4.78 is 0. The second kappa shape index (κ2) is 7.74. The molecule has 0 heterocycles. The lowest BCUT2D eigenvalue weighted by atomic mass is 10.2. The molecule has 1 N–H and O–H groups in total. The molecule has 0 aliphatic rings. The van der Waals surface area contributed by atoms with Gasteiger partial charge in [0.2, 0.25) is 5.91 Å². The summed E-state index contributed by atoms with van der Waals surface area (Å²) in [6.07, 6.45) is 2.60. The fourth-order valence-electron chi connectivity index (χ4n) is 0.626. The van der Waals surface area contributed by atoms with E-state index in [2.05, 4.69) is 5.32 Å². The molecule has 12 heavy (non-hydrogen) atoms. The maximum atomic E-state index is 11.1. The van der Waals surface area contributed by atoms with E-state index in [1.807, 2.05) is 13.2 Å². The zero-order valence-electron chi connectivity index (χ0n) is 7.60. The van der Waals surface area contributed by atoms with Gasteiger partial charge in [-0.3, -0.25) is 4.79 Å². The number of nitrogens with one attached hydrogen (secondary N) is 1. The van der Waals surface area contributed by atoms with Crippen LogP contribution in [0.5, 0.6) is 0 Å². The number of hydrogen-bond acceptors (Lipinski definition) is 2. The van der Waals surface area contributed by atoms with Gasteiger partial charge in [0.05, 0.1) is 0 Å². The summed E-state index contributed by atoms with van der Waals surface area (Å²) in [7, 11) is 0. The number of amides is 1. The molecule has 0 bridgehead atoms. The number of carbonyl (C=O) groups excluding carboxylic acids is 1. The molecule has 0 spiro atoms. The topological polar surface area (TPSA) is 29.1 Å². The van der Waals surface area contributed by atoms with E-state index in [1.165, 1.54) is 0 Å². The molecule has 0 fully saturated rings. The SMILES string of the molecule is CSCCC(=O)NCC(C)CCl.